The highest BCUT2D eigenvalue weighted by molar-refractivity contribution is 5.88. The summed E-state index contributed by atoms with van der Waals surface area (Å²) >= 11 is 0. The minimum absolute atomic E-state index is 0.165. The van der Waals surface area contributed by atoms with Gasteiger partial charge in [-0.15, -0.1) is 0 Å². The number of benzene rings is 3. The second-order valence-corrected chi connectivity index (χ2v) is 9.69. The molecule has 0 radical (unpaired) electrons. The van der Waals surface area contributed by atoms with Crippen LogP contribution in [0.15, 0.2) is 102 Å². The normalized spacial score (nSPS) is 13.9. The van der Waals surface area contributed by atoms with E-state index in [1.54, 1.807) is 0 Å². The van der Waals surface area contributed by atoms with Gasteiger partial charge in [0.15, 0.2) is 0 Å². The molecule has 0 saturated heterocycles. The van der Waals surface area contributed by atoms with Gasteiger partial charge in [0.1, 0.15) is 0 Å². The largest absolute Gasteiger partial charge is 0.335 e. The number of hydrogen-bond donors (Lipinski definition) is 0. The molecule has 0 aromatic heterocycles. The van der Waals surface area contributed by atoms with Gasteiger partial charge >= 0.3 is 0 Å². The molecule has 0 bridgehead atoms. The molecule has 1 atom stereocenters. The highest BCUT2D eigenvalue weighted by Crippen LogP contribution is 2.33. The summed E-state index contributed by atoms with van der Waals surface area (Å²) in [7, 11) is 0. The fourth-order valence-corrected chi connectivity index (χ4v) is 4.76. The van der Waals surface area contributed by atoms with E-state index < -0.39 is 0 Å². The first-order valence-corrected chi connectivity index (χ1v) is 13.6. The summed E-state index contributed by atoms with van der Waals surface area (Å²) < 4.78 is 0. The van der Waals surface area contributed by atoms with Crippen LogP contribution in [0.1, 0.15) is 71.1 Å². The Labute approximate surface area is 225 Å². The maximum atomic E-state index is 2.45. The van der Waals surface area contributed by atoms with E-state index in [2.05, 4.69) is 157 Å². The van der Waals surface area contributed by atoms with Gasteiger partial charge in [-0.25, -0.2) is 0 Å². The van der Waals surface area contributed by atoms with E-state index in [4.69, 9.17) is 0 Å². The van der Waals surface area contributed by atoms with Crippen molar-refractivity contribution in [2.75, 3.05) is 4.90 Å². The van der Waals surface area contributed by atoms with Crippen molar-refractivity contribution in [2.24, 2.45) is 0 Å². The van der Waals surface area contributed by atoms with Gasteiger partial charge in [0.25, 0.3) is 0 Å². The molecule has 3 aromatic rings. The van der Waals surface area contributed by atoms with E-state index in [9.17, 15) is 0 Å². The molecule has 0 heterocycles. The summed E-state index contributed by atoms with van der Waals surface area (Å²) in [5.74, 6) is 0. The topological polar surface area (TPSA) is 3.24 Å². The molecule has 3 rings (SSSR count). The molecule has 0 aliphatic rings. The third-order valence-corrected chi connectivity index (χ3v) is 6.77. The smallest absolute Gasteiger partial charge is 0.0497 e. The lowest BCUT2D eigenvalue weighted by atomic mass is 10.0. The van der Waals surface area contributed by atoms with Gasteiger partial charge in [0.2, 0.25) is 0 Å². The van der Waals surface area contributed by atoms with Crippen molar-refractivity contribution in [2.45, 2.75) is 67.3 Å². The highest BCUT2D eigenvalue weighted by atomic mass is 15.2. The summed E-state index contributed by atoms with van der Waals surface area (Å²) in [6, 6.07) is 20.5. The average molecular weight is 490 g/mol. The molecule has 1 heteroatoms. The predicted octanol–water partition coefficient (Wildman–Crippen LogP) is 11.0. The Balaban J connectivity index is 2.14. The maximum absolute atomic E-state index is 2.45. The number of nitrogens with zero attached hydrogens (tertiary/aromatic N) is 1. The zero-order chi connectivity index (χ0) is 26.8. The van der Waals surface area contributed by atoms with Crippen molar-refractivity contribution in [3.05, 3.63) is 119 Å². The monoisotopic (exact) mass is 489 g/mol. The van der Waals surface area contributed by atoms with E-state index in [0.29, 0.717) is 0 Å². The molecule has 0 spiro atoms. The standard InChI is InChI=1S/C36H43N/c1-8-12-15-28(6)30(11-4)19-17-29(7)37(35-22-20-31(13-9-2)32(25-35)14-10-3)36-23-21-33-24-27(5)16-18-34(33)26-36/h9-10,12-26,29H,8,11H2,1-7H3/b13-9+,14-10-,15-12-,19-17-,30-28+. The molecule has 1 unspecified atom stereocenters. The van der Waals surface area contributed by atoms with Crippen LogP contribution in [0.25, 0.3) is 22.9 Å². The number of fused-ring (bicyclic) bond motifs is 1. The minimum atomic E-state index is 0.165. The third kappa shape index (κ3) is 7.23. The summed E-state index contributed by atoms with van der Waals surface area (Å²) in [5, 5.41) is 2.54. The Bertz CT molecular complexity index is 1350. The first-order valence-electron chi connectivity index (χ1n) is 13.6. The van der Waals surface area contributed by atoms with Crippen LogP contribution < -0.4 is 4.90 Å². The van der Waals surface area contributed by atoms with Gasteiger partial charge in [-0.3, -0.25) is 0 Å². The summed E-state index contributed by atoms with van der Waals surface area (Å²) in [4.78, 5) is 2.45. The second kappa shape index (κ2) is 13.7. The van der Waals surface area contributed by atoms with Crippen LogP contribution in [0, 0.1) is 6.92 Å². The Morgan fingerprint density at radius 1 is 0.811 bits per heavy atom. The summed E-state index contributed by atoms with van der Waals surface area (Å²) in [6.07, 6.45) is 19.8. The van der Waals surface area contributed by atoms with Gasteiger partial charge in [-0.05, 0) is 105 Å². The lowest BCUT2D eigenvalue weighted by Gasteiger charge is -2.31. The van der Waals surface area contributed by atoms with Crippen LogP contribution in [0.2, 0.25) is 0 Å². The predicted molar refractivity (Wildman–Crippen MR) is 168 cm³/mol. The fourth-order valence-electron chi connectivity index (χ4n) is 4.76. The Hall–Kier alpha value is -3.58. The molecule has 37 heavy (non-hydrogen) atoms. The van der Waals surface area contributed by atoms with E-state index in [1.807, 2.05) is 0 Å². The van der Waals surface area contributed by atoms with Crippen molar-refractivity contribution < 1.29 is 0 Å². The zero-order valence-corrected chi connectivity index (χ0v) is 23.8. The van der Waals surface area contributed by atoms with E-state index in [0.717, 1.165) is 12.8 Å². The molecular weight excluding hydrogens is 446 g/mol. The number of anilines is 2. The number of aryl methyl sites for hydroxylation is 1. The number of hydrogen-bond acceptors (Lipinski definition) is 1. The van der Waals surface area contributed by atoms with Gasteiger partial charge in [-0.1, -0.05) is 98.4 Å². The Kier molecular flexibility index (Phi) is 10.3. The van der Waals surface area contributed by atoms with Crippen LogP contribution in [0.3, 0.4) is 0 Å². The van der Waals surface area contributed by atoms with Gasteiger partial charge in [0.05, 0.1) is 0 Å². The van der Waals surface area contributed by atoms with Crippen LogP contribution in [-0.4, -0.2) is 6.04 Å². The molecule has 0 aliphatic heterocycles. The minimum Gasteiger partial charge on any atom is -0.335 e. The number of rotatable bonds is 10. The molecular formula is C36H43N. The molecule has 0 amide bonds. The maximum Gasteiger partial charge on any atom is 0.0497 e. The second-order valence-electron chi connectivity index (χ2n) is 9.69. The van der Waals surface area contributed by atoms with Gasteiger partial charge < -0.3 is 4.90 Å². The highest BCUT2D eigenvalue weighted by Gasteiger charge is 2.17. The fraction of sp³-hybridized carbons (Fsp3) is 0.278. The molecule has 3 aromatic carbocycles. The summed E-state index contributed by atoms with van der Waals surface area (Å²) in [5.41, 5.74) is 8.85. The first kappa shape index (κ1) is 28.0. The lowest BCUT2D eigenvalue weighted by Crippen LogP contribution is -2.26. The van der Waals surface area contributed by atoms with Crippen molar-refractivity contribution in [1.29, 1.82) is 0 Å². The zero-order valence-electron chi connectivity index (χ0n) is 23.8. The molecule has 0 fully saturated rings. The van der Waals surface area contributed by atoms with Crippen molar-refractivity contribution >= 4 is 34.3 Å². The Morgan fingerprint density at radius 2 is 1.46 bits per heavy atom. The molecule has 192 valence electrons. The molecule has 1 nitrogen and oxygen atoms in total. The van der Waals surface area contributed by atoms with Gasteiger partial charge in [0, 0.05) is 17.4 Å². The van der Waals surface area contributed by atoms with Gasteiger partial charge in [-0.2, -0.15) is 0 Å². The van der Waals surface area contributed by atoms with E-state index in [-0.39, 0.29) is 6.04 Å². The van der Waals surface area contributed by atoms with Crippen molar-refractivity contribution in [3.8, 4) is 0 Å². The Morgan fingerprint density at radius 3 is 2.16 bits per heavy atom. The van der Waals surface area contributed by atoms with Crippen LogP contribution in [0.4, 0.5) is 11.4 Å². The van der Waals surface area contributed by atoms with Crippen molar-refractivity contribution in [3.63, 3.8) is 0 Å². The van der Waals surface area contributed by atoms with Crippen LogP contribution in [0.5, 0.6) is 0 Å². The SMILES string of the molecule is C/C=C\c1cc(N(c2ccc3cc(C)ccc3c2)C(C)\C=C/C(CC)=C(C)/C=C\CC)ccc1/C=C/C. The quantitative estimate of drug-likeness (QED) is 0.256. The average Bonchev–Trinajstić information content (AvgIpc) is 2.89. The number of allylic oxidation sites excluding steroid dienone is 7. The lowest BCUT2D eigenvalue weighted by molar-refractivity contribution is 0.862. The van der Waals surface area contributed by atoms with Crippen LogP contribution in [-0.2, 0) is 0 Å². The summed E-state index contributed by atoms with van der Waals surface area (Å²) in [6.45, 7) is 15.2. The molecule has 0 aliphatic carbocycles. The molecule has 0 saturated carbocycles. The van der Waals surface area contributed by atoms with E-state index >= 15 is 0 Å². The van der Waals surface area contributed by atoms with Crippen LogP contribution >= 0.6 is 0 Å². The molecule has 0 N–H and O–H groups in total. The van der Waals surface area contributed by atoms with E-state index in [1.165, 1.54) is 50.0 Å². The van der Waals surface area contributed by atoms with Crippen molar-refractivity contribution in [1.82, 2.24) is 0 Å². The first-order chi connectivity index (χ1) is 17.9. The third-order valence-electron chi connectivity index (χ3n) is 6.77.